The van der Waals surface area contributed by atoms with Gasteiger partial charge < -0.3 is 11.6 Å². The number of amidine groups is 1. The van der Waals surface area contributed by atoms with E-state index in [0.717, 1.165) is 18.4 Å². The lowest BCUT2D eigenvalue weighted by atomic mass is 10.0. The summed E-state index contributed by atoms with van der Waals surface area (Å²) in [6.07, 6.45) is 2.00. The number of nitrogens with two attached hydrogens (primary N) is 2. The van der Waals surface area contributed by atoms with Gasteiger partial charge in [-0.25, -0.2) is 0 Å². The molecule has 0 radical (unpaired) electrons. The van der Waals surface area contributed by atoms with Crippen LogP contribution in [0.4, 0.5) is 0 Å². The van der Waals surface area contributed by atoms with E-state index in [2.05, 4.69) is 35.4 Å². The van der Waals surface area contributed by atoms with E-state index < -0.39 is 0 Å². The molecule has 0 bridgehead atoms. The standard InChI is InChI=1S/C15H17N3/c16-15(18-17)14-8-4-7-13(11-14)10-9-12-5-2-1-3-6-12/h1-8,11H,9-10,17H2,(H2,16,18). The molecular weight excluding hydrogens is 222 g/mol. The third-order valence-corrected chi connectivity index (χ3v) is 2.91. The van der Waals surface area contributed by atoms with Crippen molar-refractivity contribution in [1.82, 2.24) is 0 Å². The molecule has 92 valence electrons. The zero-order chi connectivity index (χ0) is 12.8. The van der Waals surface area contributed by atoms with Gasteiger partial charge in [0.05, 0.1) is 0 Å². The number of hydrogen-bond donors (Lipinski definition) is 2. The lowest BCUT2D eigenvalue weighted by Gasteiger charge is -2.05. The highest BCUT2D eigenvalue weighted by Gasteiger charge is 2.00. The van der Waals surface area contributed by atoms with E-state index in [1.807, 2.05) is 24.3 Å². The molecule has 0 aromatic heterocycles. The molecule has 2 aromatic carbocycles. The van der Waals surface area contributed by atoms with Crippen molar-refractivity contribution in [2.24, 2.45) is 16.7 Å². The minimum atomic E-state index is 0.372. The summed E-state index contributed by atoms with van der Waals surface area (Å²) in [5, 5.41) is 3.51. The van der Waals surface area contributed by atoms with Gasteiger partial charge in [-0.15, -0.1) is 0 Å². The van der Waals surface area contributed by atoms with Gasteiger partial charge in [0, 0.05) is 5.56 Å². The monoisotopic (exact) mass is 239 g/mol. The SMILES string of the molecule is NN=C(N)c1cccc(CCc2ccccc2)c1. The van der Waals surface area contributed by atoms with Crippen molar-refractivity contribution in [1.29, 1.82) is 0 Å². The molecule has 0 unspecified atom stereocenters. The van der Waals surface area contributed by atoms with Gasteiger partial charge in [0.15, 0.2) is 0 Å². The molecule has 0 fully saturated rings. The van der Waals surface area contributed by atoms with Crippen LogP contribution in [-0.2, 0) is 12.8 Å². The Morgan fingerprint density at radius 3 is 2.28 bits per heavy atom. The maximum absolute atomic E-state index is 5.70. The fraction of sp³-hybridized carbons (Fsp3) is 0.133. The highest BCUT2D eigenvalue weighted by molar-refractivity contribution is 5.97. The second-order valence-electron chi connectivity index (χ2n) is 4.20. The van der Waals surface area contributed by atoms with Gasteiger partial charge in [-0.1, -0.05) is 48.5 Å². The zero-order valence-corrected chi connectivity index (χ0v) is 10.2. The molecule has 0 aliphatic carbocycles. The molecule has 2 rings (SSSR count). The van der Waals surface area contributed by atoms with Gasteiger partial charge in [0.2, 0.25) is 0 Å². The molecule has 4 N–H and O–H groups in total. The lowest BCUT2D eigenvalue weighted by molar-refractivity contribution is 0.959. The fourth-order valence-electron chi connectivity index (χ4n) is 1.89. The van der Waals surface area contributed by atoms with Crippen LogP contribution in [0.15, 0.2) is 59.7 Å². The summed E-state index contributed by atoms with van der Waals surface area (Å²) in [5.74, 6) is 5.55. The predicted octanol–water partition coefficient (Wildman–Crippen LogP) is 2.05. The number of hydrazone groups is 1. The first kappa shape index (κ1) is 12.2. The quantitative estimate of drug-likeness (QED) is 0.371. The topological polar surface area (TPSA) is 64.4 Å². The van der Waals surface area contributed by atoms with Gasteiger partial charge in [-0.2, -0.15) is 5.10 Å². The molecular formula is C15H17N3. The first-order chi connectivity index (χ1) is 8.79. The summed E-state index contributed by atoms with van der Waals surface area (Å²) < 4.78 is 0. The summed E-state index contributed by atoms with van der Waals surface area (Å²) in [6, 6.07) is 18.5. The second-order valence-corrected chi connectivity index (χ2v) is 4.20. The van der Waals surface area contributed by atoms with Gasteiger partial charge in [0.25, 0.3) is 0 Å². The number of hydrogen-bond acceptors (Lipinski definition) is 2. The molecule has 0 amide bonds. The van der Waals surface area contributed by atoms with Crippen LogP contribution in [0.2, 0.25) is 0 Å². The van der Waals surface area contributed by atoms with E-state index in [4.69, 9.17) is 11.6 Å². The van der Waals surface area contributed by atoms with Crippen LogP contribution in [0.1, 0.15) is 16.7 Å². The third-order valence-electron chi connectivity index (χ3n) is 2.91. The van der Waals surface area contributed by atoms with Crippen molar-refractivity contribution in [3.8, 4) is 0 Å². The normalized spacial score (nSPS) is 11.4. The predicted molar refractivity (Wildman–Crippen MR) is 75.2 cm³/mol. The van der Waals surface area contributed by atoms with Crippen LogP contribution in [0.5, 0.6) is 0 Å². The Bertz CT molecular complexity index is 532. The Labute approximate surface area is 107 Å². The van der Waals surface area contributed by atoms with Crippen LogP contribution in [-0.4, -0.2) is 5.84 Å². The average Bonchev–Trinajstić information content (AvgIpc) is 2.45. The molecule has 0 atom stereocenters. The van der Waals surface area contributed by atoms with Crippen LogP contribution in [0.25, 0.3) is 0 Å². The summed E-state index contributed by atoms with van der Waals surface area (Å²) in [7, 11) is 0. The summed E-state index contributed by atoms with van der Waals surface area (Å²) >= 11 is 0. The number of aryl methyl sites for hydroxylation is 2. The molecule has 3 nitrogen and oxygen atoms in total. The Hall–Kier alpha value is -2.29. The second kappa shape index (κ2) is 5.87. The molecule has 0 aliphatic rings. The highest BCUT2D eigenvalue weighted by Crippen LogP contribution is 2.09. The van der Waals surface area contributed by atoms with Crippen molar-refractivity contribution >= 4 is 5.84 Å². The van der Waals surface area contributed by atoms with Gasteiger partial charge >= 0.3 is 0 Å². The van der Waals surface area contributed by atoms with Gasteiger partial charge in [0.1, 0.15) is 5.84 Å². The smallest absolute Gasteiger partial charge is 0.150 e. The largest absolute Gasteiger partial charge is 0.382 e. The number of nitrogens with zero attached hydrogens (tertiary/aromatic N) is 1. The summed E-state index contributed by atoms with van der Waals surface area (Å²) in [6.45, 7) is 0. The molecule has 0 spiro atoms. The van der Waals surface area contributed by atoms with E-state index in [1.54, 1.807) is 0 Å². The maximum Gasteiger partial charge on any atom is 0.150 e. The molecule has 3 heteroatoms. The molecule has 0 saturated carbocycles. The molecule has 18 heavy (non-hydrogen) atoms. The maximum atomic E-state index is 5.70. The van der Waals surface area contributed by atoms with Crippen molar-refractivity contribution in [3.63, 3.8) is 0 Å². The van der Waals surface area contributed by atoms with Crippen LogP contribution >= 0.6 is 0 Å². The van der Waals surface area contributed by atoms with E-state index in [-0.39, 0.29) is 0 Å². The van der Waals surface area contributed by atoms with E-state index in [1.165, 1.54) is 11.1 Å². The first-order valence-electron chi connectivity index (χ1n) is 5.96. The van der Waals surface area contributed by atoms with Crippen LogP contribution < -0.4 is 11.6 Å². The van der Waals surface area contributed by atoms with Crippen molar-refractivity contribution in [2.75, 3.05) is 0 Å². The summed E-state index contributed by atoms with van der Waals surface area (Å²) in [4.78, 5) is 0. The Kier molecular flexibility index (Phi) is 3.97. The Morgan fingerprint density at radius 2 is 1.56 bits per heavy atom. The zero-order valence-electron chi connectivity index (χ0n) is 10.2. The summed E-state index contributed by atoms with van der Waals surface area (Å²) in [5.41, 5.74) is 9.15. The van der Waals surface area contributed by atoms with E-state index in [9.17, 15) is 0 Å². The van der Waals surface area contributed by atoms with E-state index in [0.29, 0.717) is 5.84 Å². The van der Waals surface area contributed by atoms with Gasteiger partial charge in [-0.3, -0.25) is 0 Å². The first-order valence-corrected chi connectivity index (χ1v) is 5.96. The minimum Gasteiger partial charge on any atom is -0.382 e. The van der Waals surface area contributed by atoms with Crippen molar-refractivity contribution in [3.05, 3.63) is 71.3 Å². The van der Waals surface area contributed by atoms with Crippen molar-refractivity contribution in [2.45, 2.75) is 12.8 Å². The molecule has 0 saturated heterocycles. The van der Waals surface area contributed by atoms with Gasteiger partial charge in [-0.05, 0) is 30.0 Å². The van der Waals surface area contributed by atoms with E-state index >= 15 is 0 Å². The number of benzene rings is 2. The average molecular weight is 239 g/mol. The highest BCUT2D eigenvalue weighted by atomic mass is 15.1. The number of rotatable bonds is 4. The fourth-order valence-corrected chi connectivity index (χ4v) is 1.89. The Balaban J connectivity index is 2.06. The molecule has 2 aromatic rings. The van der Waals surface area contributed by atoms with Crippen molar-refractivity contribution < 1.29 is 0 Å². The lowest BCUT2D eigenvalue weighted by Crippen LogP contribution is -2.15. The minimum absolute atomic E-state index is 0.372. The molecule has 0 heterocycles. The van der Waals surface area contributed by atoms with Crippen LogP contribution in [0, 0.1) is 0 Å². The molecule has 0 aliphatic heterocycles. The third kappa shape index (κ3) is 3.10. The Morgan fingerprint density at radius 1 is 0.889 bits per heavy atom. The van der Waals surface area contributed by atoms with Crippen LogP contribution in [0.3, 0.4) is 0 Å².